The Morgan fingerprint density at radius 3 is 2.48 bits per heavy atom. The fourth-order valence-electron chi connectivity index (χ4n) is 2.17. The molecule has 134 valence electrons. The van der Waals surface area contributed by atoms with Crippen LogP contribution in [0, 0.1) is 6.92 Å². The highest BCUT2D eigenvalue weighted by Gasteiger charge is 2.09. The van der Waals surface area contributed by atoms with Crippen molar-refractivity contribution in [1.82, 2.24) is 15.3 Å². The maximum atomic E-state index is 12.1. The van der Waals surface area contributed by atoms with E-state index in [1.807, 2.05) is 32.0 Å². The van der Waals surface area contributed by atoms with Crippen LogP contribution in [0.2, 0.25) is 0 Å². The van der Waals surface area contributed by atoms with Crippen molar-refractivity contribution in [3.05, 3.63) is 35.8 Å². The number of hydrogen-bond acceptors (Lipinski definition) is 6. The van der Waals surface area contributed by atoms with Crippen molar-refractivity contribution in [1.29, 1.82) is 0 Å². The molecule has 0 radical (unpaired) electrons. The number of aryl methyl sites for hydroxylation is 1. The predicted octanol–water partition coefficient (Wildman–Crippen LogP) is 2.19. The van der Waals surface area contributed by atoms with Crippen LogP contribution >= 0.6 is 0 Å². The molecule has 0 fully saturated rings. The van der Waals surface area contributed by atoms with Crippen LogP contribution in [0.1, 0.15) is 11.5 Å². The van der Waals surface area contributed by atoms with Crippen LogP contribution in [-0.4, -0.2) is 44.3 Å². The van der Waals surface area contributed by atoms with E-state index in [2.05, 4.69) is 20.6 Å². The van der Waals surface area contributed by atoms with Gasteiger partial charge in [-0.3, -0.25) is 0 Å². The molecule has 1 aromatic heterocycles. The zero-order valence-electron chi connectivity index (χ0n) is 15.1. The molecule has 0 unspecified atom stereocenters. The lowest BCUT2D eigenvalue weighted by atomic mass is 10.3. The Bertz CT molecular complexity index is 749. The van der Waals surface area contributed by atoms with Gasteiger partial charge in [-0.15, -0.1) is 0 Å². The summed E-state index contributed by atoms with van der Waals surface area (Å²) in [6, 6.07) is 6.66. The third kappa shape index (κ3) is 4.97. The highest BCUT2D eigenvalue weighted by Crippen LogP contribution is 2.29. The Morgan fingerprint density at radius 1 is 1.12 bits per heavy atom. The van der Waals surface area contributed by atoms with Gasteiger partial charge in [0.1, 0.15) is 11.6 Å². The minimum absolute atomic E-state index is 0.224. The second kappa shape index (κ2) is 8.18. The number of carbonyl (C=O) groups is 1. The summed E-state index contributed by atoms with van der Waals surface area (Å²) in [6.45, 7) is 2.11. The molecule has 0 bridgehead atoms. The van der Waals surface area contributed by atoms with Gasteiger partial charge in [0.2, 0.25) is 0 Å². The number of amides is 2. The predicted molar refractivity (Wildman–Crippen MR) is 96.5 cm³/mol. The Kier molecular flexibility index (Phi) is 5.99. The molecule has 0 atom stereocenters. The lowest BCUT2D eigenvalue weighted by molar-refractivity contribution is 0.251. The Hall–Kier alpha value is -3.03. The van der Waals surface area contributed by atoms with Crippen LogP contribution in [0.25, 0.3) is 0 Å². The summed E-state index contributed by atoms with van der Waals surface area (Å²) in [5, 5.41) is 5.48. The molecule has 1 heterocycles. The molecule has 25 heavy (non-hydrogen) atoms. The van der Waals surface area contributed by atoms with Gasteiger partial charge < -0.3 is 25.0 Å². The first-order valence-electron chi connectivity index (χ1n) is 7.71. The smallest absolute Gasteiger partial charge is 0.319 e. The van der Waals surface area contributed by atoms with E-state index in [0.717, 1.165) is 11.5 Å². The average molecular weight is 345 g/mol. The van der Waals surface area contributed by atoms with Gasteiger partial charge in [-0.05, 0) is 19.1 Å². The van der Waals surface area contributed by atoms with Crippen molar-refractivity contribution in [2.45, 2.75) is 13.5 Å². The van der Waals surface area contributed by atoms with Gasteiger partial charge in [-0.25, -0.2) is 14.8 Å². The second-order valence-electron chi connectivity index (χ2n) is 5.56. The summed E-state index contributed by atoms with van der Waals surface area (Å²) >= 11 is 0. The first-order valence-corrected chi connectivity index (χ1v) is 7.71. The van der Waals surface area contributed by atoms with Crippen LogP contribution in [0.15, 0.2) is 24.3 Å². The zero-order valence-corrected chi connectivity index (χ0v) is 15.1. The molecule has 0 spiro atoms. The average Bonchev–Trinajstić information content (AvgIpc) is 2.59. The summed E-state index contributed by atoms with van der Waals surface area (Å²) in [5.41, 5.74) is 1.44. The summed E-state index contributed by atoms with van der Waals surface area (Å²) in [5.74, 6) is 2.48. The van der Waals surface area contributed by atoms with Crippen LogP contribution < -0.4 is 25.0 Å². The van der Waals surface area contributed by atoms with E-state index in [4.69, 9.17) is 9.47 Å². The third-order valence-electron chi connectivity index (χ3n) is 3.39. The zero-order chi connectivity index (χ0) is 18.4. The van der Waals surface area contributed by atoms with Crippen molar-refractivity contribution < 1.29 is 14.3 Å². The SMILES string of the molecule is COc1ccc(NC(=O)NCc2nc(C)cc(N(C)C)n2)cc1OC. The van der Waals surface area contributed by atoms with Gasteiger partial charge in [-0.2, -0.15) is 0 Å². The first-order chi connectivity index (χ1) is 11.9. The van der Waals surface area contributed by atoms with Gasteiger partial charge in [0.05, 0.1) is 20.8 Å². The van der Waals surface area contributed by atoms with Gasteiger partial charge in [0.25, 0.3) is 0 Å². The summed E-state index contributed by atoms with van der Waals surface area (Å²) < 4.78 is 10.4. The minimum Gasteiger partial charge on any atom is -0.493 e. The molecule has 2 aromatic rings. The summed E-state index contributed by atoms with van der Waals surface area (Å²) in [7, 11) is 6.91. The first kappa shape index (κ1) is 18.3. The van der Waals surface area contributed by atoms with E-state index < -0.39 is 0 Å². The molecule has 0 aliphatic carbocycles. The molecule has 8 nitrogen and oxygen atoms in total. The van der Waals surface area contributed by atoms with Gasteiger partial charge in [0.15, 0.2) is 11.5 Å². The molecular formula is C17H23N5O3. The largest absolute Gasteiger partial charge is 0.493 e. The van der Waals surface area contributed by atoms with E-state index in [9.17, 15) is 4.79 Å². The number of nitrogens with one attached hydrogen (secondary N) is 2. The lowest BCUT2D eigenvalue weighted by Crippen LogP contribution is -2.29. The number of urea groups is 1. The number of anilines is 2. The monoisotopic (exact) mass is 345 g/mol. The normalized spacial score (nSPS) is 10.1. The topological polar surface area (TPSA) is 88.6 Å². The fraction of sp³-hybridized carbons (Fsp3) is 0.353. The highest BCUT2D eigenvalue weighted by atomic mass is 16.5. The number of rotatable bonds is 6. The van der Waals surface area contributed by atoms with E-state index in [1.54, 1.807) is 32.4 Å². The number of ether oxygens (including phenoxy) is 2. The van der Waals surface area contributed by atoms with E-state index in [0.29, 0.717) is 23.0 Å². The molecule has 2 amide bonds. The molecule has 2 N–H and O–H groups in total. The third-order valence-corrected chi connectivity index (χ3v) is 3.39. The van der Waals surface area contributed by atoms with Crippen LogP contribution in [-0.2, 0) is 6.54 Å². The highest BCUT2D eigenvalue weighted by molar-refractivity contribution is 5.89. The minimum atomic E-state index is -0.358. The van der Waals surface area contributed by atoms with Crippen molar-refractivity contribution in [3.8, 4) is 11.5 Å². The van der Waals surface area contributed by atoms with Crippen LogP contribution in [0.3, 0.4) is 0 Å². The fourth-order valence-corrected chi connectivity index (χ4v) is 2.17. The maximum absolute atomic E-state index is 12.1. The van der Waals surface area contributed by atoms with Gasteiger partial charge in [0, 0.05) is 37.6 Å². The van der Waals surface area contributed by atoms with Crippen molar-refractivity contribution in [3.63, 3.8) is 0 Å². The van der Waals surface area contributed by atoms with E-state index in [1.165, 1.54) is 0 Å². The molecule has 0 aliphatic rings. The molecule has 0 saturated carbocycles. The summed E-state index contributed by atoms with van der Waals surface area (Å²) in [6.07, 6.45) is 0. The molecule has 1 aromatic carbocycles. The van der Waals surface area contributed by atoms with Crippen molar-refractivity contribution in [2.75, 3.05) is 38.5 Å². The Morgan fingerprint density at radius 2 is 1.84 bits per heavy atom. The molecule has 8 heteroatoms. The number of methoxy groups -OCH3 is 2. The molecule has 0 aliphatic heterocycles. The van der Waals surface area contributed by atoms with Gasteiger partial charge in [-0.1, -0.05) is 0 Å². The van der Waals surface area contributed by atoms with E-state index >= 15 is 0 Å². The molecular weight excluding hydrogens is 322 g/mol. The lowest BCUT2D eigenvalue weighted by Gasteiger charge is -2.14. The van der Waals surface area contributed by atoms with Crippen molar-refractivity contribution in [2.24, 2.45) is 0 Å². The standard InChI is InChI=1S/C17H23N5O3/c1-11-8-16(22(2)3)21-15(19-11)10-18-17(23)20-12-6-7-13(24-4)14(9-12)25-5/h6-9H,10H2,1-5H3,(H2,18,20,23). The quantitative estimate of drug-likeness (QED) is 0.834. The molecule has 0 saturated heterocycles. The number of aromatic nitrogens is 2. The van der Waals surface area contributed by atoms with E-state index in [-0.39, 0.29) is 12.6 Å². The number of carbonyl (C=O) groups excluding carboxylic acids is 1. The number of benzene rings is 1. The number of hydrogen-bond donors (Lipinski definition) is 2. The van der Waals surface area contributed by atoms with Crippen LogP contribution in [0.5, 0.6) is 11.5 Å². The Labute approximate surface area is 147 Å². The second-order valence-corrected chi connectivity index (χ2v) is 5.56. The van der Waals surface area contributed by atoms with Crippen molar-refractivity contribution >= 4 is 17.5 Å². The number of nitrogens with zero attached hydrogens (tertiary/aromatic N) is 3. The maximum Gasteiger partial charge on any atom is 0.319 e. The molecule has 2 rings (SSSR count). The summed E-state index contributed by atoms with van der Waals surface area (Å²) in [4.78, 5) is 22.7. The van der Waals surface area contributed by atoms with Gasteiger partial charge >= 0.3 is 6.03 Å². The Balaban J connectivity index is 1.99. The van der Waals surface area contributed by atoms with Crippen LogP contribution in [0.4, 0.5) is 16.3 Å².